The maximum Gasteiger partial charge on any atom is 0.156 e. The van der Waals surface area contributed by atoms with Crippen molar-refractivity contribution in [3.63, 3.8) is 0 Å². The van der Waals surface area contributed by atoms with E-state index in [1.807, 2.05) is 32.0 Å². The Morgan fingerprint density at radius 1 is 1.10 bits per heavy atom. The predicted molar refractivity (Wildman–Crippen MR) is 79.5 cm³/mol. The Bertz CT molecular complexity index is 745. The zero-order chi connectivity index (χ0) is 14.1. The molecule has 0 aliphatic rings. The van der Waals surface area contributed by atoms with Gasteiger partial charge in [0, 0.05) is 29.8 Å². The van der Waals surface area contributed by atoms with E-state index < -0.39 is 0 Å². The number of nitrogens with one attached hydrogen (secondary N) is 1. The van der Waals surface area contributed by atoms with Gasteiger partial charge in [-0.1, -0.05) is 11.6 Å². The lowest BCUT2D eigenvalue weighted by Gasteiger charge is -2.03. The first-order valence-corrected chi connectivity index (χ1v) is 6.62. The molecule has 3 heterocycles. The number of hydrogen-bond acceptors (Lipinski definition) is 3. The van der Waals surface area contributed by atoms with Crippen molar-refractivity contribution >= 4 is 11.6 Å². The second kappa shape index (κ2) is 5.06. The molecule has 0 aliphatic carbocycles. The third-order valence-corrected chi connectivity index (χ3v) is 3.38. The molecule has 0 radical (unpaired) electrons. The van der Waals surface area contributed by atoms with Gasteiger partial charge in [-0.25, -0.2) is 4.98 Å². The van der Waals surface area contributed by atoms with Gasteiger partial charge in [0.15, 0.2) is 5.82 Å². The fourth-order valence-electron chi connectivity index (χ4n) is 1.98. The average Bonchev–Trinajstić information content (AvgIpc) is 2.79. The van der Waals surface area contributed by atoms with Gasteiger partial charge in [-0.2, -0.15) is 0 Å². The van der Waals surface area contributed by atoms with Gasteiger partial charge in [0.2, 0.25) is 0 Å². The minimum Gasteiger partial charge on any atom is -0.341 e. The molecule has 0 unspecified atom stereocenters. The lowest BCUT2D eigenvalue weighted by molar-refractivity contribution is 1.20. The van der Waals surface area contributed by atoms with E-state index in [1.165, 1.54) is 0 Å². The molecule has 100 valence electrons. The highest BCUT2D eigenvalue weighted by molar-refractivity contribution is 6.30. The number of nitrogens with zero attached hydrogens (tertiary/aromatic N) is 3. The molecular formula is C15H13ClN4. The highest BCUT2D eigenvalue weighted by Gasteiger charge is 2.08. The molecule has 0 bridgehead atoms. The van der Waals surface area contributed by atoms with Gasteiger partial charge in [0.25, 0.3) is 0 Å². The van der Waals surface area contributed by atoms with Crippen LogP contribution in [0, 0.1) is 13.8 Å². The summed E-state index contributed by atoms with van der Waals surface area (Å²) >= 11 is 5.98. The first-order valence-electron chi connectivity index (χ1n) is 6.24. The van der Waals surface area contributed by atoms with Crippen LogP contribution in [0.5, 0.6) is 0 Å². The van der Waals surface area contributed by atoms with Gasteiger partial charge >= 0.3 is 0 Å². The number of imidazole rings is 1. The van der Waals surface area contributed by atoms with Crippen LogP contribution in [-0.2, 0) is 0 Å². The van der Waals surface area contributed by atoms with Crippen LogP contribution in [-0.4, -0.2) is 19.9 Å². The van der Waals surface area contributed by atoms with E-state index in [-0.39, 0.29) is 0 Å². The highest BCUT2D eigenvalue weighted by atomic mass is 35.5. The summed E-state index contributed by atoms with van der Waals surface area (Å²) in [6.07, 6.45) is 5.16. The zero-order valence-electron chi connectivity index (χ0n) is 11.2. The van der Waals surface area contributed by atoms with Crippen molar-refractivity contribution in [1.29, 1.82) is 0 Å². The topological polar surface area (TPSA) is 54.5 Å². The molecule has 20 heavy (non-hydrogen) atoms. The molecule has 3 aromatic rings. The van der Waals surface area contributed by atoms with Crippen molar-refractivity contribution in [1.82, 2.24) is 19.9 Å². The fraction of sp³-hybridized carbons (Fsp3) is 0.133. The third kappa shape index (κ3) is 2.42. The van der Waals surface area contributed by atoms with Crippen LogP contribution >= 0.6 is 11.6 Å². The van der Waals surface area contributed by atoms with E-state index in [4.69, 9.17) is 11.6 Å². The van der Waals surface area contributed by atoms with Crippen molar-refractivity contribution in [2.24, 2.45) is 0 Å². The van der Waals surface area contributed by atoms with E-state index in [9.17, 15) is 0 Å². The second-order valence-electron chi connectivity index (χ2n) is 4.62. The zero-order valence-corrected chi connectivity index (χ0v) is 11.9. The number of aromatic nitrogens is 4. The largest absolute Gasteiger partial charge is 0.341 e. The van der Waals surface area contributed by atoms with Crippen molar-refractivity contribution in [3.8, 4) is 22.6 Å². The maximum atomic E-state index is 5.98. The maximum absolute atomic E-state index is 5.98. The average molecular weight is 285 g/mol. The van der Waals surface area contributed by atoms with E-state index >= 15 is 0 Å². The third-order valence-electron chi connectivity index (χ3n) is 3.17. The minimum absolute atomic E-state index is 0.616. The smallest absolute Gasteiger partial charge is 0.156 e. The van der Waals surface area contributed by atoms with Crippen LogP contribution in [0.4, 0.5) is 0 Å². The van der Waals surface area contributed by atoms with Crippen LogP contribution in [0.1, 0.15) is 11.4 Å². The number of rotatable bonds is 2. The summed E-state index contributed by atoms with van der Waals surface area (Å²) in [5, 5.41) is 0.616. The summed E-state index contributed by atoms with van der Waals surface area (Å²) in [6.45, 7) is 3.97. The fourth-order valence-corrected chi connectivity index (χ4v) is 2.15. The molecule has 3 aromatic heterocycles. The lowest BCUT2D eigenvalue weighted by Crippen LogP contribution is -1.88. The molecule has 0 atom stereocenters. The van der Waals surface area contributed by atoms with Crippen LogP contribution in [0.25, 0.3) is 22.6 Å². The van der Waals surface area contributed by atoms with Gasteiger partial charge in [-0.05, 0) is 37.6 Å². The quantitative estimate of drug-likeness (QED) is 0.778. The molecule has 4 nitrogen and oxygen atoms in total. The minimum atomic E-state index is 0.616. The molecule has 0 amide bonds. The number of aromatic amines is 1. The summed E-state index contributed by atoms with van der Waals surface area (Å²) in [5.41, 5.74) is 4.81. The molecule has 1 N–H and O–H groups in total. The highest BCUT2D eigenvalue weighted by Crippen LogP contribution is 2.24. The number of H-pyrrole nitrogens is 1. The Hall–Kier alpha value is -2.20. The summed E-state index contributed by atoms with van der Waals surface area (Å²) < 4.78 is 0. The van der Waals surface area contributed by atoms with Gasteiger partial charge in [0.05, 0.1) is 10.7 Å². The Morgan fingerprint density at radius 2 is 1.95 bits per heavy atom. The SMILES string of the molecule is Cc1nc(-c2cc(-c3cncc(Cl)c3)ccn2)[nH]c1C. The molecular weight excluding hydrogens is 272 g/mol. The molecule has 3 rings (SSSR count). The van der Waals surface area contributed by atoms with Crippen molar-refractivity contribution in [2.75, 3.05) is 0 Å². The summed E-state index contributed by atoms with van der Waals surface area (Å²) in [4.78, 5) is 16.2. The Kier molecular flexibility index (Phi) is 3.24. The second-order valence-corrected chi connectivity index (χ2v) is 5.05. The van der Waals surface area contributed by atoms with Crippen LogP contribution in [0.2, 0.25) is 5.02 Å². The summed E-state index contributed by atoms with van der Waals surface area (Å²) in [6, 6.07) is 5.79. The molecule has 0 aromatic carbocycles. The summed E-state index contributed by atoms with van der Waals surface area (Å²) in [5.74, 6) is 0.775. The van der Waals surface area contributed by atoms with Crippen LogP contribution in [0.15, 0.2) is 36.8 Å². The van der Waals surface area contributed by atoms with Crippen molar-refractivity contribution < 1.29 is 0 Å². The normalized spacial score (nSPS) is 10.8. The summed E-state index contributed by atoms with van der Waals surface area (Å²) in [7, 11) is 0. The number of aryl methyl sites for hydroxylation is 2. The van der Waals surface area contributed by atoms with E-state index in [2.05, 4.69) is 19.9 Å². The first kappa shape index (κ1) is 12.8. The Balaban J connectivity index is 2.05. The number of halogens is 1. The lowest BCUT2D eigenvalue weighted by atomic mass is 10.1. The molecule has 0 aliphatic heterocycles. The van der Waals surface area contributed by atoms with Crippen molar-refractivity contribution in [3.05, 3.63) is 53.2 Å². The molecule has 0 saturated heterocycles. The molecule has 5 heteroatoms. The van der Waals surface area contributed by atoms with Gasteiger partial charge in [0.1, 0.15) is 5.69 Å². The van der Waals surface area contributed by atoms with Crippen LogP contribution in [0.3, 0.4) is 0 Å². The number of pyridine rings is 2. The molecule has 0 fully saturated rings. The first-order chi connectivity index (χ1) is 9.63. The molecule has 0 spiro atoms. The van der Waals surface area contributed by atoms with E-state index in [0.717, 1.165) is 34.0 Å². The van der Waals surface area contributed by atoms with E-state index in [0.29, 0.717) is 5.02 Å². The monoisotopic (exact) mass is 284 g/mol. The van der Waals surface area contributed by atoms with E-state index in [1.54, 1.807) is 18.6 Å². The number of hydrogen-bond donors (Lipinski definition) is 1. The van der Waals surface area contributed by atoms with Crippen molar-refractivity contribution in [2.45, 2.75) is 13.8 Å². The van der Waals surface area contributed by atoms with Crippen LogP contribution < -0.4 is 0 Å². The Morgan fingerprint density at radius 3 is 2.65 bits per heavy atom. The van der Waals surface area contributed by atoms with Gasteiger partial charge in [-0.3, -0.25) is 9.97 Å². The standard InChI is InChI=1S/C15H13ClN4/c1-9-10(2)20-15(19-9)14-6-11(3-4-18-14)12-5-13(16)8-17-7-12/h3-8H,1-2H3,(H,19,20). The van der Waals surface area contributed by atoms with Gasteiger partial charge < -0.3 is 4.98 Å². The predicted octanol–water partition coefficient (Wildman–Crippen LogP) is 3.80. The molecule has 0 saturated carbocycles. The van der Waals surface area contributed by atoms with Gasteiger partial charge in [-0.15, -0.1) is 0 Å². The Labute approximate surface area is 121 Å².